The van der Waals surface area contributed by atoms with E-state index in [-0.39, 0.29) is 5.82 Å². The van der Waals surface area contributed by atoms with Crippen LogP contribution >= 0.6 is 0 Å². The molecule has 3 rings (SSSR count). The Labute approximate surface area is 178 Å². The van der Waals surface area contributed by atoms with Crippen molar-refractivity contribution >= 4 is 11.8 Å². The van der Waals surface area contributed by atoms with Crippen molar-refractivity contribution in [3.05, 3.63) is 35.8 Å². The van der Waals surface area contributed by atoms with E-state index in [4.69, 9.17) is 9.47 Å². The number of anilines is 2. The van der Waals surface area contributed by atoms with E-state index in [1.807, 2.05) is 25.1 Å². The number of halogens is 1. The molecule has 1 aromatic heterocycles. The molecule has 0 radical (unpaired) electrons. The van der Waals surface area contributed by atoms with E-state index in [0.29, 0.717) is 41.5 Å². The maximum absolute atomic E-state index is 14.3. The zero-order chi connectivity index (χ0) is 21.5. The molecule has 1 aliphatic rings. The zero-order valence-electron chi connectivity index (χ0n) is 18.2. The predicted octanol–water partition coefficient (Wildman–Crippen LogP) is 3.46. The Morgan fingerprint density at radius 3 is 2.47 bits per heavy atom. The molecule has 30 heavy (non-hydrogen) atoms. The Hall–Kier alpha value is -2.61. The quantitative estimate of drug-likeness (QED) is 0.647. The summed E-state index contributed by atoms with van der Waals surface area (Å²) in [5.41, 5.74) is 0.584. The number of hydrogen-bond donors (Lipinski definition) is 2. The van der Waals surface area contributed by atoms with Crippen molar-refractivity contribution in [2.24, 2.45) is 5.92 Å². The largest absolute Gasteiger partial charge is 0.493 e. The SMILES string of the molecule is COc1cc(F)c(CNC[C@H]2CC[C@@H](Nc3nccc(N(C)C)n3)CC2)cc1OC. The first-order valence-corrected chi connectivity index (χ1v) is 10.4. The Bertz CT molecular complexity index is 825. The monoisotopic (exact) mass is 417 g/mol. The third kappa shape index (κ3) is 5.72. The van der Waals surface area contributed by atoms with Crippen LogP contribution in [0.1, 0.15) is 31.2 Å². The van der Waals surface area contributed by atoms with E-state index in [1.165, 1.54) is 13.2 Å². The summed E-state index contributed by atoms with van der Waals surface area (Å²) in [6, 6.07) is 5.36. The lowest BCUT2D eigenvalue weighted by Crippen LogP contribution is -2.31. The fourth-order valence-electron chi connectivity index (χ4n) is 3.80. The number of methoxy groups -OCH3 is 2. The van der Waals surface area contributed by atoms with Crippen molar-refractivity contribution < 1.29 is 13.9 Å². The van der Waals surface area contributed by atoms with Gasteiger partial charge < -0.3 is 25.0 Å². The number of ether oxygens (including phenoxy) is 2. The Balaban J connectivity index is 1.44. The van der Waals surface area contributed by atoms with Gasteiger partial charge in [0.1, 0.15) is 11.6 Å². The average Bonchev–Trinajstić information content (AvgIpc) is 2.76. The van der Waals surface area contributed by atoms with Gasteiger partial charge in [-0.15, -0.1) is 0 Å². The Morgan fingerprint density at radius 2 is 1.80 bits per heavy atom. The molecule has 1 fully saturated rings. The van der Waals surface area contributed by atoms with Crippen LogP contribution < -0.4 is 25.0 Å². The summed E-state index contributed by atoms with van der Waals surface area (Å²) in [7, 11) is 7.00. The van der Waals surface area contributed by atoms with Crippen LogP contribution in [0.2, 0.25) is 0 Å². The van der Waals surface area contributed by atoms with Gasteiger partial charge in [-0.2, -0.15) is 4.98 Å². The van der Waals surface area contributed by atoms with E-state index in [9.17, 15) is 4.39 Å². The van der Waals surface area contributed by atoms with Crippen molar-refractivity contribution in [2.45, 2.75) is 38.3 Å². The number of benzene rings is 1. The lowest BCUT2D eigenvalue weighted by Gasteiger charge is -2.29. The predicted molar refractivity (Wildman–Crippen MR) is 117 cm³/mol. The molecule has 7 nitrogen and oxygen atoms in total. The molecule has 0 saturated heterocycles. The highest BCUT2D eigenvalue weighted by molar-refractivity contribution is 5.44. The molecule has 1 aromatic carbocycles. The normalized spacial score (nSPS) is 18.7. The first-order valence-electron chi connectivity index (χ1n) is 10.4. The van der Waals surface area contributed by atoms with Crippen LogP contribution in [0.4, 0.5) is 16.2 Å². The lowest BCUT2D eigenvalue weighted by atomic mass is 9.86. The van der Waals surface area contributed by atoms with Crippen LogP contribution in [0.3, 0.4) is 0 Å². The highest BCUT2D eigenvalue weighted by Crippen LogP contribution is 2.30. The minimum atomic E-state index is -0.284. The van der Waals surface area contributed by atoms with Gasteiger partial charge in [0.25, 0.3) is 0 Å². The fourth-order valence-corrected chi connectivity index (χ4v) is 3.80. The molecular formula is C22H32FN5O2. The van der Waals surface area contributed by atoms with E-state index in [1.54, 1.807) is 19.4 Å². The van der Waals surface area contributed by atoms with E-state index in [2.05, 4.69) is 20.6 Å². The molecule has 0 unspecified atom stereocenters. The van der Waals surface area contributed by atoms with Crippen LogP contribution in [0.15, 0.2) is 24.4 Å². The van der Waals surface area contributed by atoms with Crippen LogP contribution in [0.25, 0.3) is 0 Å². The Morgan fingerprint density at radius 1 is 1.10 bits per heavy atom. The molecule has 0 amide bonds. The summed E-state index contributed by atoms with van der Waals surface area (Å²) < 4.78 is 24.7. The van der Waals surface area contributed by atoms with Crippen molar-refractivity contribution in [3.8, 4) is 11.5 Å². The van der Waals surface area contributed by atoms with Gasteiger partial charge in [-0.3, -0.25) is 0 Å². The number of nitrogens with one attached hydrogen (secondary N) is 2. The third-order valence-corrected chi connectivity index (χ3v) is 5.58. The second kappa shape index (κ2) is 10.4. The van der Waals surface area contributed by atoms with Crippen LogP contribution in [0.5, 0.6) is 11.5 Å². The Kier molecular flexibility index (Phi) is 7.68. The average molecular weight is 418 g/mol. The van der Waals surface area contributed by atoms with E-state index < -0.39 is 0 Å². The number of aromatic nitrogens is 2. The van der Waals surface area contributed by atoms with Gasteiger partial charge in [-0.1, -0.05) is 0 Å². The maximum Gasteiger partial charge on any atom is 0.224 e. The molecule has 0 aliphatic heterocycles. The summed E-state index contributed by atoms with van der Waals surface area (Å²) in [4.78, 5) is 10.8. The lowest BCUT2D eigenvalue weighted by molar-refractivity contribution is 0.322. The molecule has 0 atom stereocenters. The standard InChI is InChI=1S/C22H32FN5O2/c1-28(2)21-9-10-25-22(27-21)26-17-7-5-15(6-8-17)13-24-14-16-11-19(29-3)20(30-4)12-18(16)23/h9-12,15,17,24H,5-8,13-14H2,1-4H3,(H,25,26,27)/t15-,17+. The minimum Gasteiger partial charge on any atom is -0.493 e. The van der Waals surface area contributed by atoms with Crippen LogP contribution in [-0.2, 0) is 6.54 Å². The van der Waals surface area contributed by atoms with Crippen molar-refractivity contribution in [1.82, 2.24) is 15.3 Å². The number of nitrogens with zero attached hydrogens (tertiary/aromatic N) is 3. The molecular weight excluding hydrogens is 385 g/mol. The van der Waals surface area contributed by atoms with Gasteiger partial charge in [0.15, 0.2) is 11.5 Å². The summed E-state index contributed by atoms with van der Waals surface area (Å²) in [5.74, 6) is 2.83. The first kappa shape index (κ1) is 22.1. The van der Waals surface area contributed by atoms with Gasteiger partial charge >= 0.3 is 0 Å². The second-order valence-electron chi connectivity index (χ2n) is 7.92. The first-order chi connectivity index (χ1) is 14.5. The molecule has 1 heterocycles. The summed E-state index contributed by atoms with van der Waals surface area (Å²) in [6.45, 7) is 1.34. The molecule has 164 valence electrons. The minimum absolute atomic E-state index is 0.284. The van der Waals surface area contributed by atoms with Crippen molar-refractivity contribution in [1.29, 1.82) is 0 Å². The molecule has 0 spiro atoms. The fraction of sp³-hybridized carbons (Fsp3) is 0.545. The van der Waals surface area contributed by atoms with Gasteiger partial charge in [-0.25, -0.2) is 9.37 Å². The van der Waals surface area contributed by atoms with E-state index in [0.717, 1.165) is 38.0 Å². The van der Waals surface area contributed by atoms with Crippen LogP contribution in [0, 0.1) is 11.7 Å². The maximum atomic E-state index is 14.3. The smallest absolute Gasteiger partial charge is 0.224 e. The molecule has 2 aromatic rings. The van der Waals surface area contributed by atoms with Crippen molar-refractivity contribution in [2.75, 3.05) is 45.1 Å². The van der Waals surface area contributed by atoms with E-state index >= 15 is 0 Å². The van der Waals surface area contributed by atoms with Gasteiger partial charge in [0.05, 0.1) is 14.2 Å². The molecule has 0 bridgehead atoms. The molecule has 1 aliphatic carbocycles. The summed E-state index contributed by atoms with van der Waals surface area (Å²) in [6.07, 6.45) is 6.17. The highest BCUT2D eigenvalue weighted by Gasteiger charge is 2.22. The molecule has 1 saturated carbocycles. The van der Waals surface area contributed by atoms with Gasteiger partial charge in [-0.05, 0) is 50.3 Å². The third-order valence-electron chi connectivity index (χ3n) is 5.58. The zero-order valence-corrected chi connectivity index (χ0v) is 18.2. The van der Waals surface area contributed by atoms with Gasteiger partial charge in [0.2, 0.25) is 5.95 Å². The highest BCUT2D eigenvalue weighted by atomic mass is 19.1. The second-order valence-corrected chi connectivity index (χ2v) is 7.92. The number of hydrogen-bond acceptors (Lipinski definition) is 7. The molecule has 2 N–H and O–H groups in total. The summed E-state index contributed by atoms with van der Waals surface area (Å²) >= 11 is 0. The topological polar surface area (TPSA) is 71.5 Å². The molecule has 8 heteroatoms. The summed E-state index contributed by atoms with van der Waals surface area (Å²) in [5, 5.41) is 6.86. The van der Waals surface area contributed by atoms with Crippen LogP contribution in [-0.4, -0.2) is 50.9 Å². The van der Waals surface area contributed by atoms with Crippen molar-refractivity contribution in [3.63, 3.8) is 0 Å². The number of rotatable bonds is 9. The van der Waals surface area contributed by atoms with Gasteiger partial charge in [0, 0.05) is 44.5 Å².